The minimum atomic E-state index is -1.21. The molecule has 0 spiro atoms. The van der Waals surface area contributed by atoms with Gasteiger partial charge in [-0.3, -0.25) is 0 Å². The first-order chi connectivity index (χ1) is 12.0. The van der Waals surface area contributed by atoms with E-state index in [4.69, 9.17) is 9.84 Å². The van der Waals surface area contributed by atoms with Crippen LogP contribution in [0.25, 0.3) is 0 Å². The van der Waals surface area contributed by atoms with E-state index in [9.17, 15) is 19.8 Å². The Kier molecular flexibility index (Phi) is 6.93. The van der Waals surface area contributed by atoms with Crippen LogP contribution < -0.4 is 5.32 Å². The maximum Gasteiger partial charge on any atom is 0.407 e. The second-order valence-corrected chi connectivity index (χ2v) is 6.41. The molecule has 0 aliphatic rings. The van der Waals surface area contributed by atoms with Crippen LogP contribution >= 0.6 is 11.3 Å². The fourth-order valence-corrected chi connectivity index (χ4v) is 2.96. The number of benzene rings is 1. The van der Waals surface area contributed by atoms with Crippen molar-refractivity contribution in [3.8, 4) is 0 Å². The Hall–Kier alpha value is -2.42. The van der Waals surface area contributed by atoms with Crippen molar-refractivity contribution >= 4 is 23.4 Å². The number of hydrogen-bond donors (Lipinski definition) is 4. The molecular weight excluding hydrogens is 346 g/mol. The van der Waals surface area contributed by atoms with Crippen molar-refractivity contribution in [2.24, 2.45) is 0 Å². The van der Waals surface area contributed by atoms with Gasteiger partial charge in [-0.25, -0.2) is 9.59 Å². The monoisotopic (exact) mass is 365 g/mol. The van der Waals surface area contributed by atoms with Gasteiger partial charge in [0.1, 0.15) is 17.6 Å². The third kappa shape index (κ3) is 5.86. The number of aromatic carboxylic acids is 1. The van der Waals surface area contributed by atoms with Crippen molar-refractivity contribution in [1.82, 2.24) is 5.32 Å². The highest BCUT2D eigenvalue weighted by Gasteiger charge is 2.21. The molecule has 2 atom stereocenters. The van der Waals surface area contributed by atoms with Crippen molar-refractivity contribution in [1.29, 1.82) is 0 Å². The number of aliphatic hydroxyl groups excluding tert-OH is 2. The average molecular weight is 365 g/mol. The van der Waals surface area contributed by atoms with E-state index in [2.05, 4.69) is 5.32 Å². The molecule has 0 radical (unpaired) electrons. The van der Waals surface area contributed by atoms with E-state index in [1.165, 1.54) is 12.1 Å². The van der Waals surface area contributed by atoms with E-state index >= 15 is 0 Å². The second-order valence-electron chi connectivity index (χ2n) is 5.30. The van der Waals surface area contributed by atoms with E-state index in [-0.39, 0.29) is 24.4 Å². The molecule has 0 fully saturated rings. The Bertz CT molecular complexity index is 702. The first kappa shape index (κ1) is 18.9. The molecular formula is C17H19NO6S. The molecule has 0 saturated carbocycles. The Balaban J connectivity index is 1.70. The van der Waals surface area contributed by atoms with Crippen molar-refractivity contribution in [2.45, 2.75) is 25.2 Å². The molecule has 2 unspecified atom stereocenters. The number of carboxylic acids is 1. The summed E-state index contributed by atoms with van der Waals surface area (Å²) in [5, 5.41) is 31.3. The molecule has 1 amide bonds. The number of hydrogen-bond acceptors (Lipinski definition) is 6. The van der Waals surface area contributed by atoms with Gasteiger partial charge >= 0.3 is 12.1 Å². The lowest BCUT2D eigenvalue weighted by Crippen LogP contribution is -2.29. The standard InChI is InChI=1S/C17H19NO6S/c19-12(15(20)13-6-7-14(25-13)16(21)22)8-9-18-17(23)24-10-11-4-2-1-3-5-11/h1-7,12,15,19-20H,8-10H2,(H,18,23)(H,21,22). The minimum absolute atomic E-state index is 0.0869. The van der Waals surface area contributed by atoms with Crippen molar-refractivity contribution in [2.75, 3.05) is 6.54 Å². The van der Waals surface area contributed by atoms with Gasteiger partial charge in [0, 0.05) is 11.4 Å². The second kappa shape index (κ2) is 9.16. The van der Waals surface area contributed by atoms with Gasteiger partial charge in [0.25, 0.3) is 0 Å². The molecule has 2 rings (SSSR count). The lowest BCUT2D eigenvalue weighted by atomic mass is 10.1. The number of ether oxygens (including phenoxy) is 1. The van der Waals surface area contributed by atoms with Crippen LogP contribution in [0.1, 0.15) is 32.6 Å². The topological polar surface area (TPSA) is 116 Å². The summed E-state index contributed by atoms with van der Waals surface area (Å²) in [4.78, 5) is 22.8. The summed E-state index contributed by atoms with van der Waals surface area (Å²) in [6.45, 7) is 0.258. The van der Waals surface area contributed by atoms with Gasteiger partial charge in [0.15, 0.2) is 0 Å². The zero-order valence-electron chi connectivity index (χ0n) is 13.3. The molecule has 8 heteroatoms. The molecule has 1 heterocycles. The number of aliphatic hydroxyl groups is 2. The average Bonchev–Trinajstić information content (AvgIpc) is 3.10. The Morgan fingerprint density at radius 2 is 1.84 bits per heavy atom. The molecule has 0 saturated heterocycles. The summed E-state index contributed by atoms with van der Waals surface area (Å²) in [5.41, 5.74) is 0.861. The van der Waals surface area contributed by atoms with Crippen LogP contribution in [0.2, 0.25) is 0 Å². The fourth-order valence-electron chi connectivity index (χ4n) is 2.07. The number of thiophene rings is 1. The number of alkyl carbamates (subject to hydrolysis) is 1. The predicted octanol–water partition coefficient (Wildman–Crippen LogP) is 2.16. The largest absolute Gasteiger partial charge is 0.477 e. The van der Waals surface area contributed by atoms with Gasteiger partial charge in [-0.05, 0) is 24.1 Å². The van der Waals surface area contributed by atoms with Gasteiger partial charge in [-0.15, -0.1) is 11.3 Å². The van der Waals surface area contributed by atoms with Gasteiger partial charge in [-0.2, -0.15) is 0 Å². The summed E-state index contributed by atoms with van der Waals surface area (Å²) in [5.74, 6) is -1.08. The van der Waals surface area contributed by atoms with Gasteiger partial charge in [0.05, 0.1) is 6.10 Å². The van der Waals surface area contributed by atoms with E-state index < -0.39 is 24.3 Å². The maximum atomic E-state index is 11.6. The Morgan fingerprint density at radius 1 is 1.12 bits per heavy atom. The van der Waals surface area contributed by atoms with Gasteiger partial charge in [0.2, 0.25) is 0 Å². The van der Waals surface area contributed by atoms with Crippen molar-refractivity contribution in [3.63, 3.8) is 0 Å². The normalized spacial score (nSPS) is 13.0. The number of carbonyl (C=O) groups excluding carboxylic acids is 1. The van der Waals surface area contributed by atoms with Gasteiger partial charge < -0.3 is 25.4 Å². The highest BCUT2D eigenvalue weighted by Crippen LogP contribution is 2.26. The highest BCUT2D eigenvalue weighted by atomic mass is 32.1. The maximum absolute atomic E-state index is 11.6. The van der Waals surface area contributed by atoms with Crippen LogP contribution in [0.3, 0.4) is 0 Å². The van der Waals surface area contributed by atoms with Gasteiger partial charge in [-0.1, -0.05) is 30.3 Å². The molecule has 25 heavy (non-hydrogen) atoms. The zero-order valence-corrected chi connectivity index (χ0v) is 14.1. The molecule has 0 bridgehead atoms. The number of nitrogens with one attached hydrogen (secondary N) is 1. The van der Waals surface area contributed by atoms with E-state index in [0.29, 0.717) is 4.88 Å². The number of amides is 1. The summed E-state index contributed by atoms with van der Waals surface area (Å²) in [6.07, 6.45) is -2.85. The van der Waals surface area contributed by atoms with E-state index in [1.807, 2.05) is 30.3 Å². The molecule has 0 aliphatic heterocycles. The Morgan fingerprint density at radius 3 is 2.48 bits per heavy atom. The van der Waals surface area contributed by atoms with Crippen molar-refractivity contribution in [3.05, 3.63) is 57.8 Å². The third-order valence-electron chi connectivity index (χ3n) is 3.42. The first-order valence-electron chi connectivity index (χ1n) is 7.61. The van der Waals surface area contributed by atoms with E-state index in [1.54, 1.807) is 0 Å². The molecule has 2 aromatic rings. The summed E-state index contributed by atoms with van der Waals surface area (Å²) in [7, 11) is 0. The van der Waals surface area contributed by atoms with Crippen LogP contribution in [0.4, 0.5) is 4.79 Å². The molecule has 4 N–H and O–H groups in total. The third-order valence-corrected chi connectivity index (χ3v) is 4.56. The SMILES string of the molecule is O=C(NCCC(O)C(O)c1ccc(C(=O)O)s1)OCc1ccccc1. The molecule has 1 aromatic carbocycles. The van der Waals surface area contributed by atoms with Crippen LogP contribution in [0.5, 0.6) is 0 Å². The number of carboxylic acid groups (broad SMARTS) is 1. The lowest BCUT2D eigenvalue weighted by molar-refractivity contribution is 0.0157. The Labute approximate surface area is 148 Å². The molecule has 0 aliphatic carbocycles. The predicted molar refractivity (Wildman–Crippen MR) is 91.5 cm³/mol. The first-order valence-corrected chi connectivity index (χ1v) is 8.42. The molecule has 7 nitrogen and oxygen atoms in total. The molecule has 1 aromatic heterocycles. The van der Waals surface area contributed by atoms with Crippen molar-refractivity contribution < 1.29 is 29.6 Å². The quantitative estimate of drug-likeness (QED) is 0.570. The number of rotatable bonds is 8. The highest BCUT2D eigenvalue weighted by molar-refractivity contribution is 7.14. The van der Waals surface area contributed by atoms with Crippen LogP contribution in [0, 0.1) is 0 Å². The van der Waals surface area contributed by atoms with Crippen LogP contribution in [-0.4, -0.2) is 40.0 Å². The fraction of sp³-hybridized carbons (Fsp3) is 0.294. The van der Waals surface area contributed by atoms with Crippen LogP contribution in [0.15, 0.2) is 42.5 Å². The minimum Gasteiger partial charge on any atom is -0.477 e. The lowest BCUT2D eigenvalue weighted by Gasteiger charge is -2.16. The summed E-state index contributed by atoms with van der Waals surface area (Å²) >= 11 is 0.901. The molecule has 134 valence electrons. The zero-order chi connectivity index (χ0) is 18.2. The van der Waals surface area contributed by atoms with E-state index in [0.717, 1.165) is 16.9 Å². The number of carbonyl (C=O) groups is 2. The summed E-state index contributed by atoms with van der Waals surface area (Å²) in [6, 6.07) is 12.0. The summed E-state index contributed by atoms with van der Waals surface area (Å²) < 4.78 is 5.03. The smallest absolute Gasteiger partial charge is 0.407 e. The van der Waals surface area contributed by atoms with Crippen LogP contribution in [-0.2, 0) is 11.3 Å².